The van der Waals surface area contributed by atoms with Crippen molar-refractivity contribution >= 4 is 32.3 Å². The molecule has 0 bridgehead atoms. The summed E-state index contributed by atoms with van der Waals surface area (Å²) in [6.07, 6.45) is 1.64. The molecule has 5 nitrogen and oxygen atoms in total. The van der Waals surface area contributed by atoms with Crippen LogP contribution in [0.5, 0.6) is 5.75 Å². The minimum atomic E-state index is -3.60. The van der Waals surface area contributed by atoms with Gasteiger partial charge in [-0.05, 0) is 38.1 Å². The predicted molar refractivity (Wildman–Crippen MR) is 95.5 cm³/mol. The van der Waals surface area contributed by atoms with Crippen LogP contribution in [-0.4, -0.2) is 25.5 Å². The molecule has 0 atom stereocenters. The molecule has 0 saturated heterocycles. The summed E-state index contributed by atoms with van der Waals surface area (Å²) < 4.78 is 33.3. The molecule has 126 valence electrons. The Morgan fingerprint density at radius 1 is 1.25 bits per heavy atom. The molecule has 7 heteroatoms. The lowest BCUT2D eigenvalue weighted by Gasteiger charge is -2.10. The molecule has 0 radical (unpaired) electrons. The SMILES string of the molecule is Cc1cc(S(=O)(=O)n2ccc3c4c(ccc32)OCCNC4)c(C)s1. The first kappa shape index (κ1) is 15.7. The smallest absolute Gasteiger partial charge is 0.269 e. The summed E-state index contributed by atoms with van der Waals surface area (Å²) in [4.78, 5) is 2.19. The van der Waals surface area contributed by atoms with Gasteiger partial charge in [-0.2, -0.15) is 0 Å². The fraction of sp³-hybridized carbons (Fsp3) is 0.294. The Morgan fingerprint density at radius 2 is 2.08 bits per heavy atom. The average molecular weight is 362 g/mol. The lowest BCUT2D eigenvalue weighted by molar-refractivity contribution is 0.326. The van der Waals surface area contributed by atoms with Crippen molar-refractivity contribution in [2.45, 2.75) is 25.3 Å². The Balaban J connectivity index is 1.92. The van der Waals surface area contributed by atoms with E-state index in [1.165, 1.54) is 15.3 Å². The van der Waals surface area contributed by atoms with Crippen molar-refractivity contribution < 1.29 is 13.2 Å². The summed E-state index contributed by atoms with van der Waals surface area (Å²) in [5.41, 5.74) is 1.70. The second-order valence-corrected chi connectivity index (χ2v) is 9.14. The van der Waals surface area contributed by atoms with Gasteiger partial charge in [0.25, 0.3) is 10.0 Å². The van der Waals surface area contributed by atoms with Crippen molar-refractivity contribution in [2.24, 2.45) is 0 Å². The number of nitrogens with zero attached hydrogens (tertiary/aromatic N) is 1. The third kappa shape index (κ3) is 2.35. The number of aryl methyl sites for hydroxylation is 2. The summed E-state index contributed by atoms with van der Waals surface area (Å²) in [6.45, 7) is 5.84. The first-order chi connectivity index (χ1) is 11.5. The maximum Gasteiger partial charge on any atom is 0.269 e. The van der Waals surface area contributed by atoms with E-state index in [2.05, 4.69) is 5.32 Å². The zero-order valence-corrected chi connectivity index (χ0v) is 15.1. The zero-order chi connectivity index (χ0) is 16.9. The molecule has 0 unspecified atom stereocenters. The average Bonchev–Trinajstić information content (AvgIpc) is 3.03. The molecule has 1 N–H and O–H groups in total. The van der Waals surface area contributed by atoms with Gasteiger partial charge in [-0.15, -0.1) is 11.3 Å². The van der Waals surface area contributed by atoms with E-state index >= 15 is 0 Å². The molecule has 0 saturated carbocycles. The third-order valence-electron chi connectivity index (χ3n) is 4.28. The molecule has 0 amide bonds. The standard InChI is InChI=1S/C17H18N2O3S2/c1-11-9-17(12(2)23-11)24(20,21)19-7-5-13-14-10-18-6-8-22-16(14)4-3-15(13)19/h3-5,7,9,18H,6,8,10H2,1-2H3. The van der Waals surface area contributed by atoms with Crippen LogP contribution in [0.4, 0.5) is 0 Å². The maximum atomic E-state index is 13.1. The fourth-order valence-electron chi connectivity index (χ4n) is 3.18. The zero-order valence-electron chi connectivity index (χ0n) is 13.5. The summed E-state index contributed by atoms with van der Waals surface area (Å²) in [7, 11) is -3.60. The van der Waals surface area contributed by atoms with Gasteiger partial charge in [-0.1, -0.05) is 0 Å². The number of thiophene rings is 1. The minimum absolute atomic E-state index is 0.381. The van der Waals surface area contributed by atoms with Crippen molar-refractivity contribution in [2.75, 3.05) is 13.2 Å². The maximum absolute atomic E-state index is 13.1. The molecule has 4 rings (SSSR count). The van der Waals surface area contributed by atoms with Crippen LogP contribution in [0.2, 0.25) is 0 Å². The van der Waals surface area contributed by atoms with E-state index in [4.69, 9.17) is 4.74 Å². The number of ether oxygens (including phenoxy) is 1. The highest BCUT2D eigenvalue weighted by molar-refractivity contribution is 7.90. The van der Waals surface area contributed by atoms with E-state index in [1.807, 2.05) is 32.0 Å². The quantitative estimate of drug-likeness (QED) is 0.761. The lowest BCUT2D eigenvalue weighted by Crippen LogP contribution is -2.16. The highest BCUT2D eigenvalue weighted by Crippen LogP contribution is 2.33. The molecule has 0 fully saturated rings. The number of benzene rings is 1. The minimum Gasteiger partial charge on any atom is -0.492 e. The van der Waals surface area contributed by atoms with Crippen LogP contribution in [0.25, 0.3) is 10.9 Å². The van der Waals surface area contributed by atoms with Crippen molar-refractivity contribution in [3.8, 4) is 5.75 Å². The molecule has 1 aromatic carbocycles. The molecule has 2 aromatic heterocycles. The van der Waals surface area contributed by atoms with Crippen LogP contribution in [0.3, 0.4) is 0 Å². The molecule has 1 aliphatic rings. The molecule has 0 spiro atoms. The Labute approximate surface area is 144 Å². The van der Waals surface area contributed by atoms with Crippen LogP contribution in [0.15, 0.2) is 35.4 Å². The van der Waals surface area contributed by atoms with Gasteiger partial charge in [0.15, 0.2) is 0 Å². The predicted octanol–water partition coefficient (Wildman–Crippen LogP) is 3.04. The van der Waals surface area contributed by atoms with E-state index in [-0.39, 0.29) is 0 Å². The molecular formula is C17H18N2O3S2. The van der Waals surface area contributed by atoms with Crippen molar-refractivity contribution in [1.82, 2.24) is 9.29 Å². The Bertz CT molecular complexity index is 1030. The number of fused-ring (bicyclic) bond motifs is 3. The molecule has 3 aromatic rings. The van der Waals surface area contributed by atoms with Crippen molar-refractivity contribution in [3.63, 3.8) is 0 Å². The Kier molecular flexibility index (Phi) is 3.67. The highest BCUT2D eigenvalue weighted by Gasteiger charge is 2.24. The number of hydrogen-bond acceptors (Lipinski definition) is 5. The summed E-state index contributed by atoms with van der Waals surface area (Å²) in [5, 5.41) is 4.22. The molecule has 3 heterocycles. The van der Waals surface area contributed by atoms with E-state index in [0.29, 0.717) is 23.6 Å². The van der Waals surface area contributed by atoms with E-state index in [0.717, 1.165) is 33.0 Å². The normalized spacial score (nSPS) is 15.1. The Hall–Kier alpha value is -1.83. The first-order valence-electron chi connectivity index (χ1n) is 7.77. The summed E-state index contributed by atoms with van der Waals surface area (Å²) >= 11 is 1.50. The van der Waals surface area contributed by atoms with E-state index in [9.17, 15) is 8.42 Å². The van der Waals surface area contributed by atoms with Crippen LogP contribution >= 0.6 is 11.3 Å². The Morgan fingerprint density at radius 3 is 2.83 bits per heavy atom. The number of nitrogens with one attached hydrogen (secondary N) is 1. The van der Waals surface area contributed by atoms with Crippen LogP contribution in [0.1, 0.15) is 15.3 Å². The van der Waals surface area contributed by atoms with Gasteiger partial charge < -0.3 is 10.1 Å². The third-order valence-corrected chi connectivity index (χ3v) is 7.19. The molecule has 24 heavy (non-hydrogen) atoms. The fourth-order valence-corrected chi connectivity index (χ4v) is 6.05. The topological polar surface area (TPSA) is 60.3 Å². The largest absolute Gasteiger partial charge is 0.492 e. The van der Waals surface area contributed by atoms with Crippen molar-refractivity contribution in [3.05, 3.63) is 45.8 Å². The van der Waals surface area contributed by atoms with Gasteiger partial charge in [-0.25, -0.2) is 12.4 Å². The summed E-state index contributed by atoms with van der Waals surface area (Å²) in [5.74, 6) is 0.824. The van der Waals surface area contributed by atoms with Gasteiger partial charge in [0, 0.05) is 40.0 Å². The monoisotopic (exact) mass is 362 g/mol. The van der Waals surface area contributed by atoms with E-state index < -0.39 is 10.0 Å². The molecule has 1 aliphatic heterocycles. The van der Waals surface area contributed by atoms with Gasteiger partial charge in [-0.3, -0.25) is 0 Å². The molecular weight excluding hydrogens is 344 g/mol. The van der Waals surface area contributed by atoms with Crippen LogP contribution in [0, 0.1) is 13.8 Å². The van der Waals surface area contributed by atoms with Gasteiger partial charge in [0.05, 0.1) is 5.52 Å². The molecule has 0 aliphatic carbocycles. The first-order valence-corrected chi connectivity index (χ1v) is 10.0. The van der Waals surface area contributed by atoms with Crippen LogP contribution in [-0.2, 0) is 16.6 Å². The number of rotatable bonds is 2. The van der Waals surface area contributed by atoms with E-state index in [1.54, 1.807) is 12.3 Å². The number of hydrogen-bond donors (Lipinski definition) is 1. The van der Waals surface area contributed by atoms with Gasteiger partial charge in [0.1, 0.15) is 17.3 Å². The highest BCUT2D eigenvalue weighted by atomic mass is 32.2. The van der Waals surface area contributed by atoms with Gasteiger partial charge in [0.2, 0.25) is 0 Å². The second-order valence-electron chi connectivity index (χ2n) is 5.89. The lowest BCUT2D eigenvalue weighted by atomic mass is 10.1. The van der Waals surface area contributed by atoms with Gasteiger partial charge >= 0.3 is 0 Å². The van der Waals surface area contributed by atoms with Crippen LogP contribution < -0.4 is 10.1 Å². The number of aromatic nitrogens is 1. The van der Waals surface area contributed by atoms with Crippen molar-refractivity contribution in [1.29, 1.82) is 0 Å². The second kappa shape index (κ2) is 5.61. The summed E-state index contributed by atoms with van der Waals surface area (Å²) in [6, 6.07) is 7.29.